The minimum atomic E-state index is 0.821. The topological polar surface area (TPSA) is 3.24 Å². The lowest BCUT2D eigenvalue weighted by atomic mass is 9.99. The molecule has 0 amide bonds. The first kappa shape index (κ1) is 32.0. The first-order valence-electron chi connectivity index (χ1n) is 15.4. The molecule has 0 N–H and O–H groups in total. The molecule has 0 bridgehead atoms. The Morgan fingerprint density at radius 2 is 0.562 bits per heavy atom. The average molecular weight is 452 g/mol. The van der Waals surface area contributed by atoms with Crippen molar-refractivity contribution in [3.05, 3.63) is 0 Å². The third kappa shape index (κ3) is 24.6. The highest BCUT2D eigenvalue weighted by atomic mass is 15.1. The van der Waals surface area contributed by atoms with Gasteiger partial charge in [-0.1, -0.05) is 168 Å². The van der Waals surface area contributed by atoms with Crippen LogP contribution in [0.2, 0.25) is 0 Å². The summed E-state index contributed by atoms with van der Waals surface area (Å²) >= 11 is 0. The molecule has 194 valence electrons. The van der Waals surface area contributed by atoms with Gasteiger partial charge in [0.05, 0.1) is 0 Å². The lowest BCUT2D eigenvalue weighted by Gasteiger charge is -2.24. The number of rotatable bonds is 27. The van der Waals surface area contributed by atoms with E-state index in [2.05, 4.69) is 32.8 Å². The molecular weight excluding hydrogens is 386 g/mol. The molecule has 1 atom stereocenters. The monoisotopic (exact) mass is 452 g/mol. The van der Waals surface area contributed by atoms with Crippen molar-refractivity contribution in [3.8, 4) is 0 Å². The van der Waals surface area contributed by atoms with Crippen LogP contribution in [0.1, 0.15) is 181 Å². The zero-order valence-corrected chi connectivity index (χ0v) is 23.4. The Hall–Kier alpha value is -0.0400. The Kier molecular flexibility index (Phi) is 27.2. The van der Waals surface area contributed by atoms with Crippen molar-refractivity contribution in [1.82, 2.24) is 4.90 Å². The highest BCUT2D eigenvalue weighted by molar-refractivity contribution is 4.67. The molecule has 1 heteroatoms. The van der Waals surface area contributed by atoms with E-state index >= 15 is 0 Å². The fraction of sp³-hybridized carbons (Fsp3) is 1.00. The molecule has 0 aliphatic heterocycles. The van der Waals surface area contributed by atoms with Crippen LogP contribution >= 0.6 is 0 Å². The Bertz CT molecular complexity index is 324. The molecule has 0 radical (unpaired) electrons. The largest absolute Gasteiger partial charge is 0.306 e. The predicted octanol–water partition coefficient (Wildman–Crippen LogP) is 11.1. The van der Waals surface area contributed by atoms with Crippen molar-refractivity contribution in [3.63, 3.8) is 0 Å². The lowest BCUT2D eigenvalue weighted by molar-refractivity contribution is 0.251. The highest BCUT2D eigenvalue weighted by Gasteiger charge is 2.10. The molecule has 0 fully saturated rings. The molecule has 0 aromatic carbocycles. The fourth-order valence-corrected chi connectivity index (χ4v) is 5.10. The molecular formula is C31H65N. The number of hydrogen-bond acceptors (Lipinski definition) is 1. The van der Waals surface area contributed by atoms with Crippen LogP contribution < -0.4 is 0 Å². The van der Waals surface area contributed by atoms with E-state index in [4.69, 9.17) is 0 Å². The Labute approximate surface area is 205 Å². The molecule has 0 aromatic rings. The van der Waals surface area contributed by atoms with Crippen molar-refractivity contribution in [2.75, 3.05) is 14.1 Å². The second-order valence-corrected chi connectivity index (χ2v) is 11.0. The minimum Gasteiger partial charge on any atom is -0.306 e. The van der Waals surface area contributed by atoms with Crippen molar-refractivity contribution >= 4 is 0 Å². The summed E-state index contributed by atoms with van der Waals surface area (Å²) in [7, 11) is 4.58. The summed E-state index contributed by atoms with van der Waals surface area (Å²) in [6, 6.07) is 0.821. The van der Waals surface area contributed by atoms with Crippen LogP contribution in [0.5, 0.6) is 0 Å². The number of unbranched alkanes of at least 4 members (excludes halogenated alkanes) is 22. The van der Waals surface area contributed by atoms with Gasteiger partial charge in [0.15, 0.2) is 0 Å². The van der Waals surface area contributed by atoms with E-state index < -0.39 is 0 Å². The van der Waals surface area contributed by atoms with Gasteiger partial charge in [-0.15, -0.1) is 0 Å². The molecule has 0 aromatic heterocycles. The van der Waals surface area contributed by atoms with Gasteiger partial charge in [0.2, 0.25) is 0 Å². The molecule has 0 aliphatic carbocycles. The van der Waals surface area contributed by atoms with Crippen LogP contribution in [-0.4, -0.2) is 25.0 Å². The van der Waals surface area contributed by atoms with Gasteiger partial charge in [0.1, 0.15) is 0 Å². The number of nitrogens with zero attached hydrogens (tertiary/aromatic N) is 1. The third-order valence-electron chi connectivity index (χ3n) is 7.51. The van der Waals surface area contributed by atoms with Gasteiger partial charge >= 0.3 is 0 Å². The van der Waals surface area contributed by atoms with Gasteiger partial charge in [-0.2, -0.15) is 0 Å². The summed E-state index contributed by atoms with van der Waals surface area (Å²) in [5.74, 6) is 0. The van der Waals surface area contributed by atoms with Gasteiger partial charge < -0.3 is 4.90 Å². The quantitative estimate of drug-likeness (QED) is 0.112. The normalized spacial score (nSPS) is 12.7. The second-order valence-electron chi connectivity index (χ2n) is 11.0. The lowest BCUT2D eigenvalue weighted by Crippen LogP contribution is -2.27. The summed E-state index contributed by atoms with van der Waals surface area (Å²) in [6.45, 7) is 4.61. The molecule has 0 rings (SSSR count). The van der Waals surface area contributed by atoms with E-state index in [1.165, 1.54) is 167 Å². The first-order valence-corrected chi connectivity index (χ1v) is 15.4. The van der Waals surface area contributed by atoms with Gasteiger partial charge in [-0.3, -0.25) is 0 Å². The molecule has 0 heterocycles. The van der Waals surface area contributed by atoms with Crippen LogP contribution in [-0.2, 0) is 0 Å². The average Bonchev–Trinajstić information content (AvgIpc) is 2.78. The van der Waals surface area contributed by atoms with E-state index in [0.29, 0.717) is 0 Å². The molecule has 0 saturated heterocycles. The number of hydrogen-bond donors (Lipinski definition) is 0. The Balaban J connectivity index is 3.34. The maximum Gasteiger partial charge on any atom is 0.00891 e. The molecule has 0 unspecified atom stereocenters. The van der Waals surface area contributed by atoms with Crippen LogP contribution in [0, 0.1) is 0 Å². The van der Waals surface area contributed by atoms with Crippen LogP contribution in [0.3, 0.4) is 0 Å². The summed E-state index contributed by atoms with van der Waals surface area (Å²) in [5.41, 5.74) is 0. The molecule has 0 aliphatic rings. The van der Waals surface area contributed by atoms with Gasteiger partial charge in [0.25, 0.3) is 0 Å². The van der Waals surface area contributed by atoms with Gasteiger partial charge in [-0.25, -0.2) is 0 Å². The summed E-state index contributed by atoms with van der Waals surface area (Å²) < 4.78 is 0. The molecule has 1 nitrogen and oxygen atoms in total. The predicted molar refractivity (Wildman–Crippen MR) is 149 cm³/mol. The third-order valence-corrected chi connectivity index (χ3v) is 7.51. The van der Waals surface area contributed by atoms with E-state index in [1.807, 2.05) is 0 Å². The van der Waals surface area contributed by atoms with Crippen molar-refractivity contribution in [2.45, 2.75) is 187 Å². The first-order chi connectivity index (χ1) is 15.7. The molecule has 0 spiro atoms. The minimum absolute atomic E-state index is 0.821. The van der Waals surface area contributed by atoms with E-state index in [0.717, 1.165) is 6.04 Å². The van der Waals surface area contributed by atoms with Crippen molar-refractivity contribution in [2.24, 2.45) is 0 Å². The summed E-state index contributed by atoms with van der Waals surface area (Å²) in [4.78, 5) is 2.49. The SMILES string of the molecule is CCCCCCCCCCCCCCCCCCC[C@@H](CCCCCCCCC)N(C)C. The fourth-order valence-electron chi connectivity index (χ4n) is 5.10. The van der Waals surface area contributed by atoms with Gasteiger partial charge in [-0.05, 0) is 26.9 Å². The smallest absolute Gasteiger partial charge is 0.00891 e. The van der Waals surface area contributed by atoms with Crippen molar-refractivity contribution < 1.29 is 0 Å². The molecule has 0 saturated carbocycles. The van der Waals surface area contributed by atoms with E-state index in [9.17, 15) is 0 Å². The maximum absolute atomic E-state index is 2.49. The Morgan fingerprint density at radius 1 is 0.344 bits per heavy atom. The summed E-state index contributed by atoms with van der Waals surface area (Å²) in [5, 5.41) is 0. The summed E-state index contributed by atoms with van der Waals surface area (Å²) in [6.07, 6.45) is 37.8. The zero-order valence-electron chi connectivity index (χ0n) is 23.4. The highest BCUT2D eigenvalue weighted by Crippen LogP contribution is 2.18. The van der Waals surface area contributed by atoms with E-state index in [-0.39, 0.29) is 0 Å². The maximum atomic E-state index is 2.49. The van der Waals surface area contributed by atoms with Gasteiger partial charge in [0, 0.05) is 6.04 Å². The van der Waals surface area contributed by atoms with Crippen molar-refractivity contribution in [1.29, 1.82) is 0 Å². The van der Waals surface area contributed by atoms with Crippen LogP contribution in [0.4, 0.5) is 0 Å². The second kappa shape index (κ2) is 27.2. The van der Waals surface area contributed by atoms with Crippen LogP contribution in [0.15, 0.2) is 0 Å². The standard InChI is InChI=1S/C31H65N/c1-5-7-9-11-13-14-15-16-17-18-19-20-21-22-24-26-28-30-31(32(3)4)29-27-25-23-12-10-8-6-2/h31H,5-30H2,1-4H3/t31-/m1/s1. The van der Waals surface area contributed by atoms with Crippen LogP contribution in [0.25, 0.3) is 0 Å². The zero-order chi connectivity index (χ0) is 23.5. The van der Waals surface area contributed by atoms with E-state index in [1.54, 1.807) is 0 Å². The molecule has 32 heavy (non-hydrogen) atoms. The Morgan fingerprint density at radius 3 is 0.781 bits per heavy atom.